The normalized spacial score (nSPS) is 16.3. The van der Waals surface area contributed by atoms with Crippen LogP contribution in [0.15, 0.2) is 38.5 Å². The first-order chi connectivity index (χ1) is 14.2. The van der Waals surface area contributed by atoms with Gasteiger partial charge in [-0.05, 0) is 48.9 Å². The van der Waals surface area contributed by atoms with Crippen LogP contribution in [0.3, 0.4) is 0 Å². The molecule has 0 amide bonds. The highest BCUT2D eigenvalue weighted by molar-refractivity contribution is 7.98. The van der Waals surface area contributed by atoms with Crippen LogP contribution in [0.1, 0.15) is 36.1 Å². The third-order valence-electron chi connectivity index (χ3n) is 5.34. The molecule has 1 atom stereocenters. The van der Waals surface area contributed by atoms with E-state index in [1.165, 1.54) is 52.8 Å². The first kappa shape index (κ1) is 18.6. The fourth-order valence-corrected chi connectivity index (χ4v) is 5.63. The lowest BCUT2D eigenvalue weighted by molar-refractivity contribution is 0.449. The highest BCUT2D eigenvalue weighted by Crippen LogP contribution is 2.38. The summed E-state index contributed by atoms with van der Waals surface area (Å²) in [5.41, 5.74) is 1.50. The average molecular weight is 428 g/mol. The third-order valence-corrected chi connectivity index (χ3v) is 7.58. The molecule has 9 heteroatoms. The molecule has 0 saturated heterocycles. The molecule has 1 aliphatic carbocycles. The van der Waals surface area contributed by atoms with Crippen LogP contribution < -0.4 is 0 Å². The van der Waals surface area contributed by atoms with Crippen molar-refractivity contribution in [3.63, 3.8) is 0 Å². The van der Waals surface area contributed by atoms with E-state index in [1.807, 2.05) is 23.0 Å². The van der Waals surface area contributed by atoms with Gasteiger partial charge in [0.1, 0.15) is 0 Å². The minimum atomic E-state index is 0.388. The van der Waals surface area contributed by atoms with Gasteiger partial charge in [0, 0.05) is 11.9 Å². The van der Waals surface area contributed by atoms with Gasteiger partial charge in [-0.3, -0.25) is 0 Å². The zero-order valence-electron chi connectivity index (χ0n) is 16.3. The van der Waals surface area contributed by atoms with Crippen molar-refractivity contribution in [3.8, 4) is 22.4 Å². The van der Waals surface area contributed by atoms with Crippen molar-refractivity contribution in [3.05, 3.63) is 40.8 Å². The number of hydrogen-bond acceptors (Lipinski definition) is 8. The van der Waals surface area contributed by atoms with Crippen LogP contribution in [0.2, 0.25) is 0 Å². The Balaban J connectivity index is 1.30. The fourth-order valence-electron chi connectivity index (χ4n) is 3.65. The van der Waals surface area contributed by atoms with Gasteiger partial charge in [0.05, 0.1) is 16.9 Å². The van der Waals surface area contributed by atoms with Crippen molar-refractivity contribution >= 4 is 23.1 Å². The standard InChI is InChI=1S/C20H21N5O2S2/c1-3-12-6-7-15-13(9-12)10-16(29-15)18-22-24-20(25(18)2)28-11-17-21-23-19(27-17)14-5-4-8-26-14/h4-5,8,10,12H,3,6-7,9,11H2,1-2H3. The maximum atomic E-state index is 5.66. The Kier molecular flexibility index (Phi) is 5.01. The van der Waals surface area contributed by atoms with Crippen LogP contribution in [-0.4, -0.2) is 25.0 Å². The molecule has 7 nitrogen and oxygen atoms in total. The van der Waals surface area contributed by atoms with Crippen molar-refractivity contribution < 1.29 is 8.83 Å². The molecule has 0 fully saturated rings. The van der Waals surface area contributed by atoms with Crippen LogP contribution >= 0.6 is 23.1 Å². The van der Waals surface area contributed by atoms with E-state index in [0.717, 1.165) is 16.9 Å². The van der Waals surface area contributed by atoms with E-state index in [4.69, 9.17) is 8.83 Å². The molecule has 1 unspecified atom stereocenters. The summed E-state index contributed by atoms with van der Waals surface area (Å²) < 4.78 is 13.0. The number of aryl methyl sites for hydroxylation is 1. The number of fused-ring (bicyclic) bond motifs is 1. The molecule has 150 valence electrons. The monoisotopic (exact) mass is 427 g/mol. The molecular weight excluding hydrogens is 406 g/mol. The maximum Gasteiger partial charge on any atom is 0.283 e. The van der Waals surface area contributed by atoms with Crippen molar-refractivity contribution in [2.75, 3.05) is 0 Å². The second kappa shape index (κ2) is 7.79. The lowest BCUT2D eigenvalue weighted by Gasteiger charge is -2.19. The molecule has 0 saturated carbocycles. The van der Waals surface area contributed by atoms with Gasteiger partial charge >= 0.3 is 0 Å². The topological polar surface area (TPSA) is 82.8 Å². The van der Waals surface area contributed by atoms with E-state index in [2.05, 4.69) is 33.4 Å². The number of nitrogens with zero attached hydrogens (tertiary/aromatic N) is 5. The summed E-state index contributed by atoms with van der Waals surface area (Å²) in [4.78, 5) is 2.71. The van der Waals surface area contributed by atoms with Gasteiger partial charge in [-0.25, -0.2) is 0 Å². The predicted octanol–water partition coefficient (Wildman–Crippen LogP) is 4.99. The molecule has 1 aliphatic rings. The molecule has 0 spiro atoms. The Morgan fingerprint density at radius 2 is 2.21 bits per heavy atom. The predicted molar refractivity (Wildman–Crippen MR) is 112 cm³/mol. The van der Waals surface area contributed by atoms with Gasteiger partial charge in [-0.15, -0.1) is 31.7 Å². The van der Waals surface area contributed by atoms with Crippen LogP contribution in [0.25, 0.3) is 22.4 Å². The van der Waals surface area contributed by atoms with Gasteiger partial charge in [0.15, 0.2) is 16.7 Å². The largest absolute Gasteiger partial charge is 0.459 e. The van der Waals surface area contributed by atoms with E-state index >= 15 is 0 Å². The zero-order valence-corrected chi connectivity index (χ0v) is 17.9. The van der Waals surface area contributed by atoms with Gasteiger partial charge < -0.3 is 13.4 Å². The zero-order chi connectivity index (χ0) is 19.8. The number of thiophene rings is 1. The van der Waals surface area contributed by atoms with Crippen molar-refractivity contribution in [2.24, 2.45) is 13.0 Å². The minimum Gasteiger partial charge on any atom is -0.459 e. The van der Waals surface area contributed by atoms with Gasteiger partial charge in [-0.2, -0.15) is 0 Å². The molecule has 29 heavy (non-hydrogen) atoms. The molecule has 5 rings (SSSR count). The molecule has 0 aliphatic heterocycles. The average Bonchev–Trinajstić information content (AvgIpc) is 3.51. The Bertz CT molecular complexity index is 1110. The van der Waals surface area contributed by atoms with Gasteiger partial charge in [-0.1, -0.05) is 25.1 Å². The minimum absolute atomic E-state index is 0.388. The Labute approximate surface area is 176 Å². The number of furan rings is 1. The number of hydrogen-bond donors (Lipinski definition) is 0. The summed E-state index contributed by atoms with van der Waals surface area (Å²) in [6.07, 6.45) is 6.52. The van der Waals surface area contributed by atoms with E-state index in [-0.39, 0.29) is 0 Å². The van der Waals surface area contributed by atoms with Crippen LogP contribution in [0.4, 0.5) is 0 Å². The summed E-state index contributed by atoms with van der Waals surface area (Å²) in [6.45, 7) is 2.29. The highest BCUT2D eigenvalue weighted by Gasteiger charge is 2.22. The Morgan fingerprint density at radius 3 is 3.03 bits per heavy atom. The number of thioether (sulfide) groups is 1. The third kappa shape index (κ3) is 3.64. The SMILES string of the molecule is CCC1CCc2sc(-c3nnc(SCc4nnc(-c5ccco5)o4)n3C)cc2C1. The van der Waals surface area contributed by atoms with Crippen molar-refractivity contribution in [1.29, 1.82) is 0 Å². The fraction of sp³-hybridized carbons (Fsp3) is 0.400. The second-order valence-corrected chi connectivity index (χ2v) is 9.29. The van der Waals surface area contributed by atoms with E-state index in [9.17, 15) is 0 Å². The molecule has 0 radical (unpaired) electrons. The smallest absolute Gasteiger partial charge is 0.283 e. The number of rotatable bonds is 6. The molecule has 4 aromatic rings. The first-order valence-corrected chi connectivity index (χ1v) is 11.5. The highest BCUT2D eigenvalue weighted by atomic mass is 32.2. The van der Waals surface area contributed by atoms with Crippen LogP contribution in [-0.2, 0) is 25.6 Å². The van der Waals surface area contributed by atoms with E-state index in [0.29, 0.717) is 23.3 Å². The molecule has 4 heterocycles. The first-order valence-electron chi connectivity index (χ1n) is 9.71. The summed E-state index contributed by atoms with van der Waals surface area (Å²) in [6, 6.07) is 5.90. The summed E-state index contributed by atoms with van der Waals surface area (Å²) >= 11 is 3.39. The lowest BCUT2D eigenvalue weighted by atomic mass is 9.87. The molecule has 0 N–H and O–H groups in total. The number of aromatic nitrogens is 5. The van der Waals surface area contributed by atoms with Crippen molar-refractivity contribution in [2.45, 2.75) is 43.5 Å². The summed E-state index contributed by atoms with van der Waals surface area (Å²) in [7, 11) is 2.01. The van der Waals surface area contributed by atoms with Crippen LogP contribution in [0, 0.1) is 5.92 Å². The quantitative estimate of drug-likeness (QED) is 0.401. The van der Waals surface area contributed by atoms with Gasteiger partial charge in [0.25, 0.3) is 5.89 Å². The maximum absolute atomic E-state index is 5.66. The Hall–Kier alpha value is -2.39. The van der Waals surface area contributed by atoms with Crippen molar-refractivity contribution in [1.82, 2.24) is 25.0 Å². The lowest BCUT2D eigenvalue weighted by Crippen LogP contribution is -2.10. The molecule has 4 aromatic heterocycles. The molecule has 0 aromatic carbocycles. The summed E-state index contributed by atoms with van der Waals surface area (Å²) in [5.74, 6) is 3.75. The van der Waals surface area contributed by atoms with Gasteiger partial charge in [0.2, 0.25) is 5.89 Å². The molecule has 0 bridgehead atoms. The summed E-state index contributed by atoms with van der Waals surface area (Å²) in [5, 5.41) is 17.8. The Morgan fingerprint density at radius 1 is 1.28 bits per heavy atom. The van der Waals surface area contributed by atoms with Crippen LogP contribution in [0.5, 0.6) is 0 Å². The van der Waals surface area contributed by atoms with E-state index in [1.54, 1.807) is 18.4 Å². The molecular formula is C20H21N5O2S2. The van der Waals surface area contributed by atoms with E-state index < -0.39 is 0 Å². The second-order valence-electron chi connectivity index (χ2n) is 7.21.